The van der Waals surface area contributed by atoms with E-state index in [1.807, 2.05) is 6.92 Å². The lowest BCUT2D eigenvalue weighted by Gasteiger charge is -2.15. The van der Waals surface area contributed by atoms with Crippen molar-refractivity contribution in [2.45, 2.75) is 43.6 Å². The number of nitrogens with zero attached hydrogens (tertiary/aromatic N) is 2. The molecule has 0 fully saturated rings. The van der Waals surface area contributed by atoms with Crippen LogP contribution in [0.25, 0.3) is 0 Å². The third-order valence-electron chi connectivity index (χ3n) is 1.46. The number of hydrogen-bond acceptors (Lipinski definition) is 4. The highest BCUT2D eigenvalue weighted by molar-refractivity contribution is 7.99. The fraction of sp³-hybridized carbons (Fsp3) is 0.778. The molecule has 1 aromatic heterocycles. The van der Waals surface area contributed by atoms with Crippen molar-refractivity contribution in [3.63, 3.8) is 0 Å². The zero-order valence-corrected chi connectivity index (χ0v) is 10.4. The maximum atomic E-state index is 5.80. The maximum Gasteiger partial charge on any atom is 0.244 e. The summed E-state index contributed by atoms with van der Waals surface area (Å²) in [4.78, 5) is 4.18. The van der Waals surface area contributed by atoms with E-state index in [-0.39, 0.29) is 10.1 Å². The normalized spacial score (nSPS) is 14.4. The van der Waals surface area contributed by atoms with Gasteiger partial charge in [-0.3, -0.25) is 0 Å². The predicted molar refractivity (Wildman–Crippen MR) is 59.6 cm³/mol. The average molecular weight is 235 g/mol. The number of alkyl halides is 1. The first kappa shape index (κ1) is 11.9. The van der Waals surface area contributed by atoms with Crippen LogP contribution in [0.15, 0.2) is 4.52 Å². The molecule has 5 heteroatoms. The summed E-state index contributed by atoms with van der Waals surface area (Å²) in [5.41, 5.74) is 0. The Labute approximate surface area is 93.6 Å². The van der Waals surface area contributed by atoms with Crippen LogP contribution in [-0.2, 0) is 5.75 Å². The lowest BCUT2D eigenvalue weighted by Crippen LogP contribution is -2.07. The van der Waals surface area contributed by atoms with Gasteiger partial charge in [0.05, 0.1) is 5.75 Å². The van der Waals surface area contributed by atoms with Crippen LogP contribution in [0.5, 0.6) is 0 Å². The minimum absolute atomic E-state index is 0.212. The van der Waals surface area contributed by atoms with E-state index in [1.54, 1.807) is 11.8 Å². The topological polar surface area (TPSA) is 38.9 Å². The van der Waals surface area contributed by atoms with E-state index in [0.717, 1.165) is 5.75 Å². The number of thioether (sulfide) groups is 1. The largest absolute Gasteiger partial charge is 0.338 e. The van der Waals surface area contributed by atoms with Crippen LogP contribution in [0, 0.1) is 0 Å². The van der Waals surface area contributed by atoms with Crippen LogP contribution in [0.3, 0.4) is 0 Å². The molecule has 0 aromatic carbocycles. The van der Waals surface area contributed by atoms with Crippen molar-refractivity contribution in [2.75, 3.05) is 0 Å². The van der Waals surface area contributed by atoms with Gasteiger partial charge < -0.3 is 4.52 Å². The molecular weight excluding hydrogens is 220 g/mol. The highest BCUT2D eigenvalue weighted by atomic mass is 35.5. The highest BCUT2D eigenvalue weighted by Crippen LogP contribution is 2.26. The fourth-order valence-electron chi connectivity index (χ4n) is 0.769. The number of aromatic nitrogens is 2. The third-order valence-corrected chi connectivity index (χ3v) is 2.91. The lowest BCUT2D eigenvalue weighted by molar-refractivity contribution is 0.375. The molecule has 0 aliphatic carbocycles. The smallest absolute Gasteiger partial charge is 0.244 e. The minimum atomic E-state index is -0.212. The van der Waals surface area contributed by atoms with Crippen LogP contribution in [-0.4, -0.2) is 14.9 Å². The van der Waals surface area contributed by atoms with Crippen LogP contribution in [0.4, 0.5) is 0 Å². The van der Waals surface area contributed by atoms with Crippen molar-refractivity contribution < 1.29 is 4.52 Å². The Balaban J connectivity index is 2.52. The molecule has 0 aliphatic heterocycles. The average Bonchev–Trinajstić information content (AvgIpc) is 2.47. The van der Waals surface area contributed by atoms with Crippen LogP contribution in [0.1, 0.15) is 44.8 Å². The van der Waals surface area contributed by atoms with Gasteiger partial charge >= 0.3 is 0 Å². The first-order chi connectivity index (χ1) is 6.38. The molecule has 0 aliphatic rings. The van der Waals surface area contributed by atoms with E-state index < -0.39 is 0 Å². The molecular formula is C9H15ClN2OS. The molecule has 1 aromatic rings. The minimum Gasteiger partial charge on any atom is -0.338 e. The van der Waals surface area contributed by atoms with Gasteiger partial charge in [-0.2, -0.15) is 4.98 Å². The molecule has 14 heavy (non-hydrogen) atoms. The van der Waals surface area contributed by atoms with Crippen LogP contribution < -0.4 is 0 Å². The summed E-state index contributed by atoms with van der Waals surface area (Å²) in [7, 11) is 0. The Morgan fingerprint density at radius 3 is 2.57 bits per heavy atom. The lowest BCUT2D eigenvalue weighted by atomic mass is 10.3. The van der Waals surface area contributed by atoms with Gasteiger partial charge in [0, 0.05) is 4.75 Å². The van der Waals surface area contributed by atoms with Gasteiger partial charge in [-0.25, -0.2) is 0 Å². The van der Waals surface area contributed by atoms with E-state index in [0.29, 0.717) is 11.7 Å². The van der Waals surface area contributed by atoms with Crippen molar-refractivity contribution in [1.29, 1.82) is 0 Å². The Bertz CT molecular complexity index is 293. The quantitative estimate of drug-likeness (QED) is 0.752. The number of hydrogen-bond donors (Lipinski definition) is 0. The Morgan fingerprint density at radius 2 is 2.14 bits per heavy atom. The Hall–Kier alpha value is -0.220. The van der Waals surface area contributed by atoms with Crippen molar-refractivity contribution in [2.24, 2.45) is 0 Å². The van der Waals surface area contributed by atoms with E-state index in [2.05, 4.69) is 30.9 Å². The highest BCUT2D eigenvalue weighted by Gasteiger charge is 2.15. The second-order valence-electron chi connectivity index (χ2n) is 4.07. The van der Waals surface area contributed by atoms with Crippen molar-refractivity contribution in [3.05, 3.63) is 11.7 Å². The molecule has 1 rings (SSSR count). The molecule has 0 saturated heterocycles. The zero-order chi connectivity index (χ0) is 10.8. The third kappa shape index (κ3) is 3.88. The summed E-state index contributed by atoms with van der Waals surface area (Å²) in [5.74, 6) is 1.97. The van der Waals surface area contributed by atoms with Crippen LogP contribution >= 0.6 is 23.4 Å². The second-order valence-corrected chi connectivity index (χ2v) is 6.52. The van der Waals surface area contributed by atoms with Gasteiger partial charge in [0.2, 0.25) is 5.89 Å². The summed E-state index contributed by atoms with van der Waals surface area (Å²) in [6.07, 6.45) is 0. The maximum absolute atomic E-state index is 5.80. The molecule has 0 amide bonds. The van der Waals surface area contributed by atoms with Crippen LogP contribution in [0.2, 0.25) is 0 Å². The summed E-state index contributed by atoms with van der Waals surface area (Å²) in [6, 6.07) is 0. The van der Waals surface area contributed by atoms with E-state index in [9.17, 15) is 0 Å². The van der Waals surface area contributed by atoms with E-state index >= 15 is 0 Å². The van der Waals surface area contributed by atoms with Crippen molar-refractivity contribution in [3.8, 4) is 0 Å². The molecule has 1 unspecified atom stereocenters. The molecule has 0 radical (unpaired) electrons. The van der Waals surface area contributed by atoms with E-state index in [4.69, 9.17) is 16.1 Å². The molecule has 1 atom stereocenters. The molecule has 0 N–H and O–H groups in total. The fourth-order valence-corrected chi connectivity index (χ4v) is 1.54. The van der Waals surface area contributed by atoms with Crippen molar-refractivity contribution in [1.82, 2.24) is 10.1 Å². The summed E-state index contributed by atoms with van der Waals surface area (Å²) < 4.78 is 5.20. The van der Waals surface area contributed by atoms with Gasteiger partial charge in [0.15, 0.2) is 5.82 Å². The summed E-state index contributed by atoms with van der Waals surface area (Å²) in [5, 5.41) is 3.64. The van der Waals surface area contributed by atoms with Gasteiger partial charge in [-0.15, -0.1) is 23.4 Å². The van der Waals surface area contributed by atoms with E-state index in [1.165, 1.54) is 0 Å². The summed E-state index contributed by atoms with van der Waals surface area (Å²) >= 11 is 7.59. The molecule has 80 valence electrons. The Kier molecular flexibility index (Phi) is 3.84. The Morgan fingerprint density at radius 1 is 1.50 bits per heavy atom. The van der Waals surface area contributed by atoms with Gasteiger partial charge in [-0.1, -0.05) is 25.9 Å². The van der Waals surface area contributed by atoms with Gasteiger partial charge in [0.1, 0.15) is 5.38 Å². The molecule has 3 nitrogen and oxygen atoms in total. The monoisotopic (exact) mass is 234 g/mol. The molecule has 1 heterocycles. The summed E-state index contributed by atoms with van der Waals surface area (Å²) in [6.45, 7) is 8.28. The van der Waals surface area contributed by atoms with Crippen molar-refractivity contribution >= 4 is 23.4 Å². The SMILES string of the molecule is CC(Cl)c1nc(CSC(C)(C)C)no1. The first-order valence-corrected chi connectivity index (χ1v) is 5.91. The zero-order valence-electron chi connectivity index (χ0n) is 8.87. The predicted octanol–water partition coefficient (Wildman–Crippen LogP) is 3.40. The first-order valence-electron chi connectivity index (χ1n) is 4.49. The number of halogens is 1. The number of rotatable bonds is 3. The molecule has 0 saturated carbocycles. The standard InChI is InChI=1S/C9H15ClN2OS/c1-6(10)8-11-7(12-13-8)5-14-9(2,3)4/h6H,5H2,1-4H3. The molecule has 0 spiro atoms. The second kappa shape index (κ2) is 4.53. The van der Waals surface area contributed by atoms with Gasteiger partial charge in [0.25, 0.3) is 0 Å². The molecule has 0 bridgehead atoms. The van der Waals surface area contributed by atoms with Gasteiger partial charge in [-0.05, 0) is 6.92 Å².